The zero-order valence-electron chi connectivity index (χ0n) is 14.1. The van der Waals surface area contributed by atoms with Crippen LogP contribution in [0.2, 0.25) is 0 Å². The molecule has 1 heterocycles. The number of amides is 1. The van der Waals surface area contributed by atoms with Crippen LogP contribution in [0.4, 0.5) is 0 Å². The minimum absolute atomic E-state index is 0.00329. The fourth-order valence-corrected chi connectivity index (χ4v) is 2.79. The van der Waals surface area contributed by atoms with Gasteiger partial charge in [-0.15, -0.1) is 0 Å². The first-order chi connectivity index (χ1) is 12.1. The Balaban J connectivity index is 1.84. The number of aromatic nitrogens is 1. The molecule has 4 nitrogen and oxygen atoms in total. The van der Waals surface area contributed by atoms with Crippen molar-refractivity contribution in [1.82, 2.24) is 9.88 Å². The van der Waals surface area contributed by atoms with Crippen LogP contribution in [0.15, 0.2) is 83.8 Å². The highest BCUT2D eigenvalue weighted by atomic mass is 16.2. The zero-order valence-corrected chi connectivity index (χ0v) is 14.1. The summed E-state index contributed by atoms with van der Waals surface area (Å²) in [6.45, 7) is 1.74. The van der Waals surface area contributed by atoms with E-state index in [1.165, 1.54) is 4.57 Å². The van der Waals surface area contributed by atoms with Crippen molar-refractivity contribution in [2.45, 2.75) is 19.5 Å². The van der Waals surface area contributed by atoms with Crippen molar-refractivity contribution in [2.75, 3.05) is 0 Å². The summed E-state index contributed by atoms with van der Waals surface area (Å²) in [5.74, 6) is -0.203. The number of rotatable bonds is 5. The van der Waals surface area contributed by atoms with Gasteiger partial charge in [-0.25, -0.2) is 0 Å². The molecule has 0 unspecified atom stereocenters. The van der Waals surface area contributed by atoms with Gasteiger partial charge >= 0.3 is 0 Å². The summed E-state index contributed by atoms with van der Waals surface area (Å²) in [6, 6.07) is 22.9. The quantitative estimate of drug-likeness (QED) is 0.781. The average molecular weight is 332 g/mol. The van der Waals surface area contributed by atoms with Gasteiger partial charge in [0.05, 0.1) is 6.04 Å². The Hall–Kier alpha value is -3.14. The van der Waals surface area contributed by atoms with Crippen LogP contribution in [-0.2, 0) is 11.3 Å². The molecule has 0 aliphatic rings. The lowest BCUT2D eigenvalue weighted by Crippen LogP contribution is -2.35. The molecule has 0 aliphatic heterocycles. The Morgan fingerprint density at radius 1 is 0.920 bits per heavy atom. The number of hydrogen-bond donors (Lipinski definition) is 1. The molecule has 4 heteroatoms. The van der Waals surface area contributed by atoms with Crippen LogP contribution in [0, 0.1) is 6.92 Å². The normalized spacial score (nSPS) is 10.6. The topological polar surface area (TPSA) is 51.1 Å². The van der Waals surface area contributed by atoms with Gasteiger partial charge in [0, 0.05) is 11.8 Å². The van der Waals surface area contributed by atoms with Gasteiger partial charge in [-0.05, 0) is 24.1 Å². The molecule has 0 fully saturated rings. The maximum atomic E-state index is 12.6. The second-order valence-electron chi connectivity index (χ2n) is 5.95. The molecule has 25 heavy (non-hydrogen) atoms. The second-order valence-corrected chi connectivity index (χ2v) is 5.95. The maximum absolute atomic E-state index is 12.6. The van der Waals surface area contributed by atoms with E-state index in [1.54, 1.807) is 25.3 Å². The first-order valence-electron chi connectivity index (χ1n) is 8.20. The number of benzene rings is 2. The van der Waals surface area contributed by atoms with Crippen molar-refractivity contribution in [3.63, 3.8) is 0 Å². The van der Waals surface area contributed by atoms with Crippen molar-refractivity contribution in [3.8, 4) is 0 Å². The minimum Gasteiger partial charge on any atom is -0.344 e. The molecule has 126 valence electrons. The van der Waals surface area contributed by atoms with Crippen LogP contribution < -0.4 is 10.9 Å². The van der Waals surface area contributed by atoms with Crippen molar-refractivity contribution in [2.24, 2.45) is 0 Å². The van der Waals surface area contributed by atoms with Gasteiger partial charge in [0.1, 0.15) is 6.54 Å². The third-order valence-electron chi connectivity index (χ3n) is 4.10. The lowest BCUT2D eigenvalue weighted by Gasteiger charge is -2.20. The van der Waals surface area contributed by atoms with E-state index in [9.17, 15) is 9.59 Å². The largest absolute Gasteiger partial charge is 0.344 e. The summed E-state index contributed by atoms with van der Waals surface area (Å²) in [7, 11) is 0. The molecule has 0 radical (unpaired) electrons. The molecule has 0 bridgehead atoms. The molecule has 0 atom stereocenters. The molecule has 1 amide bonds. The van der Waals surface area contributed by atoms with E-state index in [1.807, 2.05) is 60.7 Å². The Bertz CT molecular complexity index is 862. The number of hydrogen-bond acceptors (Lipinski definition) is 2. The predicted octanol–water partition coefficient (Wildman–Crippen LogP) is 3.06. The Kier molecular flexibility index (Phi) is 5.09. The average Bonchev–Trinajstić information content (AvgIpc) is 2.65. The number of aryl methyl sites for hydroxylation is 1. The lowest BCUT2D eigenvalue weighted by molar-refractivity contribution is -0.122. The van der Waals surface area contributed by atoms with Crippen LogP contribution in [0.3, 0.4) is 0 Å². The van der Waals surface area contributed by atoms with E-state index in [2.05, 4.69) is 5.32 Å². The zero-order chi connectivity index (χ0) is 17.6. The summed E-state index contributed by atoms with van der Waals surface area (Å²) < 4.78 is 1.43. The standard InChI is InChI=1S/C21H20N2O2/c1-16-9-8-14-23(21(16)25)15-19(24)22-20(17-10-4-2-5-11-17)18-12-6-3-7-13-18/h2-14,20H,15H2,1H3,(H,22,24). The van der Waals surface area contributed by atoms with E-state index >= 15 is 0 Å². The fourth-order valence-electron chi connectivity index (χ4n) is 2.79. The maximum Gasteiger partial charge on any atom is 0.253 e. The van der Waals surface area contributed by atoms with Crippen LogP contribution in [0.25, 0.3) is 0 Å². The Morgan fingerprint density at radius 3 is 2.04 bits per heavy atom. The highest BCUT2D eigenvalue weighted by Crippen LogP contribution is 2.21. The van der Waals surface area contributed by atoms with Crippen LogP contribution in [0.5, 0.6) is 0 Å². The van der Waals surface area contributed by atoms with E-state index in [4.69, 9.17) is 0 Å². The predicted molar refractivity (Wildman–Crippen MR) is 98.3 cm³/mol. The second kappa shape index (κ2) is 7.62. The number of nitrogens with zero attached hydrogens (tertiary/aromatic N) is 1. The molecule has 0 saturated carbocycles. The van der Waals surface area contributed by atoms with Crippen molar-refractivity contribution in [1.29, 1.82) is 0 Å². The first-order valence-corrected chi connectivity index (χ1v) is 8.20. The smallest absolute Gasteiger partial charge is 0.253 e. The van der Waals surface area contributed by atoms with Crippen molar-refractivity contribution in [3.05, 3.63) is 106 Å². The monoisotopic (exact) mass is 332 g/mol. The Labute approximate surface area is 146 Å². The lowest BCUT2D eigenvalue weighted by atomic mass is 9.99. The molecule has 2 aromatic carbocycles. The molecular formula is C21H20N2O2. The summed E-state index contributed by atoms with van der Waals surface area (Å²) >= 11 is 0. The van der Waals surface area contributed by atoms with Crippen LogP contribution >= 0.6 is 0 Å². The summed E-state index contributed by atoms with van der Waals surface area (Å²) in [6.07, 6.45) is 1.63. The number of nitrogens with one attached hydrogen (secondary N) is 1. The molecule has 3 rings (SSSR count). The van der Waals surface area contributed by atoms with Gasteiger partial charge in [0.25, 0.3) is 5.56 Å². The molecule has 1 N–H and O–H groups in total. The highest BCUT2D eigenvalue weighted by molar-refractivity contribution is 5.76. The molecule has 0 aliphatic carbocycles. The van der Waals surface area contributed by atoms with E-state index < -0.39 is 0 Å². The van der Waals surface area contributed by atoms with Crippen molar-refractivity contribution < 1.29 is 4.79 Å². The van der Waals surface area contributed by atoms with Crippen LogP contribution in [0.1, 0.15) is 22.7 Å². The first kappa shape index (κ1) is 16.7. The Morgan fingerprint density at radius 2 is 1.48 bits per heavy atom. The number of carbonyl (C=O) groups excluding carboxylic acids is 1. The molecule has 0 saturated heterocycles. The number of pyridine rings is 1. The van der Waals surface area contributed by atoms with Crippen molar-refractivity contribution >= 4 is 5.91 Å². The van der Waals surface area contributed by atoms with Gasteiger partial charge in [0.15, 0.2) is 0 Å². The summed E-state index contributed by atoms with van der Waals surface area (Å²) in [5, 5.41) is 3.05. The summed E-state index contributed by atoms with van der Waals surface area (Å²) in [5.41, 5.74) is 2.48. The molecule has 0 spiro atoms. The minimum atomic E-state index is -0.254. The van der Waals surface area contributed by atoms with Crippen LogP contribution in [-0.4, -0.2) is 10.5 Å². The van der Waals surface area contributed by atoms with E-state index in [0.717, 1.165) is 11.1 Å². The van der Waals surface area contributed by atoms with Gasteiger partial charge in [-0.2, -0.15) is 0 Å². The third-order valence-corrected chi connectivity index (χ3v) is 4.10. The SMILES string of the molecule is Cc1cccn(CC(=O)NC(c2ccccc2)c2ccccc2)c1=O. The summed E-state index contributed by atoms with van der Waals surface area (Å²) in [4.78, 5) is 24.7. The fraction of sp³-hybridized carbons (Fsp3) is 0.143. The number of carbonyl (C=O) groups is 1. The molecular weight excluding hydrogens is 312 g/mol. The van der Waals surface area contributed by atoms with Gasteiger partial charge < -0.3 is 9.88 Å². The molecule has 1 aromatic heterocycles. The highest BCUT2D eigenvalue weighted by Gasteiger charge is 2.17. The molecule has 3 aromatic rings. The van der Waals surface area contributed by atoms with Gasteiger partial charge in [0.2, 0.25) is 5.91 Å². The van der Waals surface area contributed by atoms with E-state index in [0.29, 0.717) is 5.56 Å². The van der Waals surface area contributed by atoms with Gasteiger partial charge in [-0.1, -0.05) is 66.7 Å². The van der Waals surface area contributed by atoms with Gasteiger partial charge in [-0.3, -0.25) is 9.59 Å². The third kappa shape index (κ3) is 4.04. The van der Waals surface area contributed by atoms with E-state index in [-0.39, 0.29) is 24.1 Å².